The molecule has 3 rings (SSSR count). The number of carbonyl (C=O) groups excluding carboxylic acids is 1. The number of nitrogens with zero attached hydrogens (tertiary/aromatic N) is 2. The molecule has 20 heavy (non-hydrogen) atoms. The van der Waals surface area contributed by atoms with Crippen molar-refractivity contribution >= 4 is 17.2 Å². The van der Waals surface area contributed by atoms with Crippen LogP contribution in [0.4, 0.5) is 0 Å². The molecule has 1 atom stereocenters. The SMILES string of the molecule is O=C(c1sccc1-n1cccc1)N1CCOC(CO)C1. The summed E-state index contributed by atoms with van der Waals surface area (Å²) in [5, 5.41) is 11.1. The lowest BCUT2D eigenvalue weighted by molar-refractivity contribution is -0.0446. The van der Waals surface area contributed by atoms with Crippen LogP contribution in [0.1, 0.15) is 9.67 Å². The maximum absolute atomic E-state index is 12.6. The molecule has 1 aliphatic heterocycles. The summed E-state index contributed by atoms with van der Waals surface area (Å²) in [4.78, 5) is 15.1. The van der Waals surface area contributed by atoms with E-state index >= 15 is 0 Å². The second-order valence-electron chi connectivity index (χ2n) is 4.65. The van der Waals surface area contributed by atoms with E-state index in [0.717, 1.165) is 10.6 Å². The number of hydrogen-bond acceptors (Lipinski definition) is 4. The molecule has 3 heterocycles. The first-order valence-electron chi connectivity index (χ1n) is 6.52. The first-order valence-corrected chi connectivity index (χ1v) is 7.40. The lowest BCUT2D eigenvalue weighted by Crippen LogP contribution is -2.46. The molecule has 6 heteroatoms. The number of morpholine rings is 1. The van der Waals surface area contributed by atoms with Crippen molar-refractivity contribution in [3.8, 4) is 5.69 Å². The predicted molar refractivity (Wildman–Crippen MR) is 76.4 cm³/mol. The lowest BCUT2D eigenvalue weighted by atomic mass is 10.2. The average molecular weight is 292 g/mol. The highest BCUT2D eigenvalue weighted by molar-refractivity contribution is 7.12. The van der Waals surface area contributed by atoms with Crippen LogP contribution in [0, 0.1) is 0 Å². The van der Waals surface area contributed by atoms with Gasteiger partial charge in [-0.25, -0.2) is 0 Å². The van der Waals surface area contributed by atoms with Gasteiger partial charge in [0.2, 0.25) is 0 Å². The van der Waals surface area contributed by atoms with Gasteiger partial charge in [0.05, 0.1) is 25.0 Å². The smallest absolute Gasteiger partial charge is 0.266 e. The maximum Gasteiger partial charge on any atom is 0.266 e. The summed E-state index contributed by atoms with van der Waals surface area (Å²) in [5.41, 5.74) is 0.900. The van der Waals surface area contributed by atoms with Crippen LogP contribution in [0.25, 0.3) is 5.69 Å². The Morgan fingerprint density at radius 1 is 1.45 bits per heavy atom. The van der Waals surface area contributed by atoms with E-state index in [2.05, 4.69) is 0 Å². The molecule has 0 aliphatic carbocycles. The van der Waals surface area contributed by atoms with Crippen molar-refractivity contribution in [2.75, 3.05) is 26.3 Å². The highest BCUT2D eigenvalue weighted by Gasteiger charge is 2.26. The Labute approximate surface area is 121 Å². The van der Waals surface area contributed by atoms with Gasteiger partial charge in [0, 0.05) is 25.5 Å². The second-order valence-corrected chi connectivity index (χ2v) is 5.57. The Balaban J connectivity index is 1.83. The van der Waals surface area contributed by atoms with Crippen LogP contribution < -0.4 is 0 Å². The highest BCUT2D eigenvalue weighted by atomic mass is 32.1. The Hall–Kier alpha value is -1.63. The van der Waals surface area contributed by atoms with E-state index in [0.29, 0.717) is 19.7 Å². The van der Waals surface area contributed by atoms with Crippen LogP contribution in [0.15, 0.2) is 36.0 Å². The largest absolute Gasteiger partial charge is 0.394 e. The fraction of sp³-hybridized carbons (Fsp3) is 0.357. The molecular formula is C14H16N2O3S. The Morgan fingerprint density at radius 2 is 2.25 bits per heavy atom. The number of aliphatic hydroxyl groups is 1. The van der Waals surface area contributed by atoms with Crippen molar-refractivity contribution in [2.24, 2.45) is 0 Å². The van der Waals surface area contributed by atoms with E-state index in [-0.39, 0.29) is 18.6 Å². The van der Waals surface area contributed by atoms with E-state index in [1.54, 1.807) is 4.90 Å². The Morgan fingerprint density at radius 3 is 3.00 bits per heavy atom. The third-order valence-corrected chi connectivity index (χ3v) is 4.24. The van der Waals surface area contributed by atoms with E-state index < -0.39 is 0 Å². The summed E-state index contributed by atoms with van der Waals surface area (Å²) in [6.45, 7) is 1.43. The van der Waals surface area contributed by atoms with E-state index in [1.807, 2.05) is 40.5 Å². The highest BCUT2D eigenvalue weighted by Crippen LogP contribution is 2.24. The first kappa shape index (κ1) is 13.4. The van der Waals surface area contributed by atoms with Gasteiger partial charge in [-0.1, -0.05) is 0 Å². The number of hydrogen-bond donors (Lipinski definition) is 1. The summed E-state index contributed by atoms with van der Waals surface area (Å²) in [6, 6.07) is 5.81. The third-order valence-electron chi connectivity index (χ3n) is 3.35. The molecule has 1 aliphatic rings. The Bertz CT molecular complexity index is 579. The van der Waals surface area contributed by atoms with Crippen molar-refractivity contribution in [1.29, 1.82) is 0 Å². The zero-order chi connectivity index (χ0) is 13.9. The van der Waals surface area contributed by atoms with Crippen LogP contribution in [-0.4, -0.2) is 52.9 Å². The fourth-order valence-electron chi connectivity index (χ4n) is 2.32. The molecule has 1 unspecified atom stereocenters. The minimum absolute atomic E-state index is 0.00505. The van der Waals surface area contributed by atoms with Gasteiger partial charge in [-0.15, -0.1) is 11.3 Å². The molecular weight excluding hydrogens is 276 g/mol. The predicted octanol–water partition coefficient (Wildman–Crippen LogP) is 1.37. The molecule has 1 amide bonds. The zero-order valence-electron chi connectivity index (χ0n) is 10.9. The summed E-state index contributed by atoms with van der Waals surface area (Å²) in [7, 11) is 0. The van der Waals surface area contributed by atoms with Gasteiger partial charge < -0.3 is 19.3 Å². The van der Waals surface area contributed by atoms with Crippen LogP contribution >= 0.6 is 11.3 Å². The van der Waals surface area contributed by atoms with Gasteiger partial charge in [-0.05, 0) is 23.6 Å². The third kappa shape index (κ3) is 2.49. The van der Waals surface area contributed by atoms with Gasteiger partial charge in [0.25, 0.3) is 5.91 Å². The van der Waals surface area contributed by atoms with Gasteiger partial charge in [0.15, 0.2) is 0 Å². The van der Waals surface area contributed by atoms with Crippen LogP contribution in [0.2, 0.25) is 0 Å². The number of aromatic nitrogens is 1. The van der Waals surface area contributed by atoms with E-state index in [9.17, 15) is 4.79 Å². The number of amides is 1. The van der Waals surface area contributed by atoms with Crippen LogP contribution in [-0.2, 0) is 4.74 Å². The Kier molecular flexibility index (Phi) is 3.86. The molecule has 0 aromatic carbocycles. The van der Waals surface area contributed by atoms with Gasteiger partial charge in [-0.2, -0.15) is 0 Å². The van der Waals surface area contributed by atoms with E-state index in [1.165, 1.54) is 11.3 Å². The number of thiophene rings is 1. The second kappa shape index (κ2) is 5.78. The molecule has 0 bridgehead atoms. The van der Waals surface area contributed by atoms with Crippen LogP contribution in [0.5, 0.6) is 0 Å². The zero-order valence-corrected chi connectivity index (χ0v) is 11.8. The molecule has 106 valence electrons. The standard InChI is InChI=1S/C14H16N2O3S/c17-10-11-9-16(6-7-19-11)14(18)13-12(3-8-20-13)15-4-1-2-5-15/h1-5,8,11,17H,6-7,9-10H2. The van der Waals surface area contributed by atoms with Crippen molar-refractivity contribution in [2.45, 2.75) is 6.10 Å². The normalized spacial score (nSPS) is 19.2. The molecule has 2 aromatic rings. The monoisotopic (exact) mass is 292 g/mol. The summed E-state index contributed by atoms with van der Waals surface area (Å²) >= 11 is 1.44. The fourth-order valence-corrected chi connectivity index (χ4v) is 3.18. The number of rotatable bonds is 3. The average Bonchev–Trinajstić information content (AvgIpc) is 3.16. The molecule has 0 saturated carbocycles. The van der Waals surface area contributed by atoms with Crippen molar-refractivity contribution < 1.29 is 14.6 Å². The molecule has 5 nitrogen and oxygen atoms in total. The quantitative estimate of drug-likeness (QED) is 0.929. The van der Waals surface area contributed by atoms with Crippen LogP contribution in [0.3, 0.4) is 0 Å². The summed E-state index contributed by atoms with van der Waals surface area (Å²) in [6.07, 6.45) is 3.58. The van der Waals surface area contributed by atoms with Crippen molar-refractivity contribution in [3.05, 3.63) is 40.8 Å². The van der Waals surface area contributed by atoms with Gasteiger partial charge >= 0.3 is 0 Å². The molecule has 1 fully saturated rings. The summed E-state index contributed by atoms with van der Waals surface area (Å²) in [5.74, 6) is 0.00505. The molecule has 1 saturated heterocycles. The topological polar surface area (TPSA) is 54.7 Å². The minimum atomic E-state index is -0.275. The molecule has 0 radical (unpaired) electrons. The van der Waals surface area contributed by atoms with Gasteiger partial charge in [-0.3, -0.25) is 4.79 Å². The molecule has 0 spiro atoms. The number of ether oxygens (including phenoxy) is 1. The number of carbonyl (C=O) groups is 1. The van der Waals surface area contributed by atoms with E-state index in [4.69, 9.17) is 9.84 Å². The molecule has 2 aromatic heterocycles. The lowest BCUT2D eigenvalue weighted by Gasteiger charge is -2.32. The summed E-state index contributed by atoms with van der Waals surface area (Å²) < 4.78 is 7.32. The first-order chi connectivity index (χ1) is 9.79. The number of aliphatic hydroxyl groups excluding tert-OH is 1. The minimum Gasteiger partial charge on any atom is -0.394 e. The molecule has 1 N–H and O–H groups in total. The van der Waals surface area contributed by atoms with Crippen molar-refractivity contribution in [3.63, 3.8) is 0 Å². The van der Waals surface area contributed by atoms with Crippen molar-refractivity contribution in [1.82, 2.24) is 9.47 Å². The maximum atomic E-state index is 12.6. The van der Waals surface area contributed by atoms with Gasteiger partial charge in [0.1, 0.15) is 4.88 Å².